The Morgan fingerprint density at radius 1 is 1.03 bits per heavy atom. The van der Waals surface area contributed by atoms with Gasteiger partial charge in [-0.3, -0.25) is 14.4 Å². The average molecular weight is 439 g/mol. The molecule has 1 aliphatic rings. The van der Waals surface area contributed by atoms with Gasteiger partial charge < -0.3 is 20.5 Å². The molecule has 8 heteroatoms. The first kappa shape index (κ1) is 20.9. The third-order valence-electron chi connectivity index (χ3n) is 5.41. The number of anilines is 1. The molecule has 3 aromatic rings. The van der Waals surface area contributed by atoms with E-state index in [2.05, 4.69) is 15.6 Å². The summed E-state index contributed by atoms with van der Waals surface area (Å²) in [5, 5.41) is 6.83. The molecule has 1 fully saturated rings. The quantitative estimate of drug-likeness (QED) is 0.533. The van der Waals surface area contributed by atoms with Gasteiger partial charge in [0.25, 0.3) is 5.91 Å². The summed E-state index contributed by atoms with van der Waals surface area (Å²) >= 11 is 6.06. The van der Waals surface area contributed by atoms with Crippen molar-refractivity contribution in [3.63, 3.8) is 0 Å². The number of nitrogens with one attached hydrogen (secondary N) is 3. The van der Waals surface area contributed by atoms with Crippen LogP contribution in [0.15, 0.2) is 48.7 Å². The number of carbonyl (C=O) groups excluding carboxylic acids is 3. The van der Waals surface area contributed by atoms with E-state index in [9.17, 15) is 14.4 Å². The first-order valence-electron chi connectivity index (χ1n) is 10.3. The highest BCUT2D eigenvalue weighted by Gasteiger charge is 2.23. The zero-order valence-electron chi connectivity index (χ0n) is 16.9. The fraction of sp³-hybridized carbons (Fsp3) is 0.261. The molecule has 7 nitrogen and oxygen atoms in total. The second-order valence-corrected chi connectivity index (χ2v) is 7.95. The first-order chi connectivity index (χ1) is 15.0. The monoisotopic (exact) mass is 438 g/mol. The standard InChI is InChI=1S/C23H23ClN4O3/c24-16-7-8-19-18(13-16)15(14-26-19)9-10-25-21(29)22(30)27-20-6-2-1-5-17(20)23(31)28-11-3-4-12-28/h1-2,5-8,13-14,26H,3-4,9-12H2,(H,25,29)(H,27,30). The number of rotatable bonds is 5. The van der Waals surface area contributed by atoms with Crippen molar-refractivity contribution >= 4 is 45.9 Å². The van der Waals surface area contributed by atoms with Crippen LogP contribution in [0.25, 0.3) is 10.9 Å². The molecule has 0 unspecified atom stereocenters. The fourth-order valence-electron chi connectivity index (χ4n) is 3.80. The number of aromatic amines is 1. The molecule has 160 valence electrons. The number of carbonyl (C=O) groups is 3. The normalized spacial score (nSPS) is 13.4. The first-order valence-corrected chi connectivity index (χ1v) is 10.6. The molecule has 0 saturated carbocycles. The zero-order valence-corrected chi connectivity index (χ0v) is 17.7. The van der Waals surface area contributed by atoms with Crippen LogP contribution in [0.2, 0.25) is 5.02 Å². The van der Waals surface area contributed by atoms with E-state index in [4.69, 9.17) is 11.6 Å². The molecule has 3 amide bonds. The van der Waals surface area contributed by atoms with Gasteiger partial charge in [-0.05, 0) is 55.2 Å². The Bertz CT molecular complexity index is 1130. The van der Waals surface area contributed by atoms with Crippen molar-refractivity contribution in [2.45, 2.75) is 19.3 Å². The van der Waals surface area contributed by atoms with Gasteiger partial charge in [0.1, 0.15) is 0 Å². The minimum Gasteiger partial charge on any atom is -0.361 e. The van der Waals surface area contributed by atoms with Crippen LogP contribution in [-0.2, 0) is 16.0 Å². The molecule has 0 atom stereocenters. The number of amides is 3. The van der Waals surface area contributed by atoms with Crippen molar-refractivity contribution in [2.24, 2.45) is 0 Å². The largest absolute Gasteiger partial charge is 0.361 e. The molecule has 0 bridgehead atoms. The molecule has 0 radical (unpaired) electrons. The zero-order chi connectivity index (χ0) is 21.8. The summed E-state index contributed by atoms with van der Waals surface area (Å²) in [5.74, 6) is -1.68. The third-order valence-corrected chi connectivity index (χ3v) is 5.65. The van der Waals surface area contributed by atoms with Crippen LogP contribution < -0.4 is 10.6 Å². The average Bonchev–Trinajstić information content (AvgIpc) is 3.44. The maximum Gasteiger partial charge on any atom is 0.313 e. The van der Waals surface area contributed by atoms with Gasteiger partial charge in [0.15, 0.2) is 0 Å². The second kappa shape index (κ2) is 9.22. The smallest absolute Gasteiger partial charge is 0.313 e. The van der Waals surface area contributed by atoms with E-state index in [1.54, 1.807) is 29.2 Å². The summed E-state index contributed by atoms with van der Waals surface area (Å²) in [6.07, 6.45) is 4.37. The molecule has 1 aliphatic heterocycles. The Balaban J connectivity index is 1.35. The van der Waals surface area contributed by atoms with E-state index in [0.29, 0.717) is 42.3 Å². The van der Waals surface area contributed by atoms with Crippen LogP contribution in [0.4, 0.5) is 5.69 Å². The van der Waals surface area contributed by atoms with Crippen molar-refractivity contribution in [3.8, 4) is 0 Å². The Morgan fingerprint density at radius 2 is 1.81 bits per heavy atom. The van der Waals surface area contributed by atoms with Crippen LogP contribution in [0.3, 0.4) is 0 Å². The van der Waals surface area contributed by atoms with Crippen LogP contribution in [-0.4, -0.2) is 47.2 Å². The fourth-order valence-corrected chi connectivity index (χ4v) is 3.97. The number of halogens is 1. The second-order valence-electron chi connectivity index (χ2n) is 7.51. The Kier molecular flexibility index (Phi) is 6.23. The molecule has 3 N–H and O–H groups in total. The molecule has 0 aliphatic carbocycles. The summed E-state index contributed by atoms with van der Waals surface area (Å²) < 4.78 is 0. The lowest BCUT2D eigenvalue weighted by atomic mass is 10.1. The van der Waals surface area contributed by atoms with Gasteiger partial charge >= 0.3 is 11.8 Å². The number of aromatic nitrogens is 1. The summed E-state index contributed by atoms with van der Waals surface area (Å²) in [4.78, 5) is 42.3. The van der Waals surface area contributed by atoms with E-state index < -0.39 is 11.8 Å². The van der Waals surface area contributed by atoms with Gasteiger partial charge in [0.05, 0.1) is 11.3 Å². The van der Waals surface area contributed by atoms with E-state index >= 15 is 0 Å². The molecule has 2 heterocycles. The molecule has 1 aromatic heterocycles. The van der Waals surface area contributed by atoms with Gasteiger partial charge in [-0.25, -0.2) is 0 Å². The van der Waals surface area contributed by atoms with Crippen molar-refractivity contribution < 1.29 is 14.4 Å². The number of benzene rings is 2. The Labute approximate surface area is 184 Å². The molecule has 1 saturated heterocycles. The maximum atomic E-state index is 12.7. The van der Waals surface area contributed by atoms with E-state index in [1.807, 2.05) is 24.4 Å². The lowest BCUT2D eigenvalue weighted by Crippen LogP contribution is -2.37. The van der Waals surface area contributed by atoms with Crippen LogP contribution in [0.5, 0.6) is 0 Å². The Morgan fingerprint density at radius 3 is 2.61 bits per heavy atom. The molecule has 2 aromatic carbocycles. The molecular formula is C23H23ClN4O3. The number of nitrogens with zero attached hydrogens (tertiary/aromatic N) is 1. The van der Waals surface area contributed by atoms with Gasteiger partial charge in [0, 0.05) is 41.8 Å². The third kappa shape index (κ3) is 4.72. The van der Waals surface area contributed by atoms with E-state index in [-0.39, 0.29) is 5.91 Å². The number of hydrogen-bond acceptors (Lipinski definition) is 3. The van der Waals surface area contributed by atoms with Crippen molar-refractivity contribution in [1.82, 2.24) is 15.2 Å². The molecular weight excluding hydrogens is 416 g/mol. The van der Waals surface area contributed by atoms with Crippen LogP contribution >= 0.6 is 11.6 Å². The summed E-state index contributed by atoms with van der Waals surface area (Å²) in [5.41, 5.74) is 2.69. The number of para-hydroxylation sites is 1. The maximum absolute atomic E-state index is 12.7. The van der Waals surface area contributed by atoms with Gasteiger partial charge in [-0.15, -0.1) is 0 Å². The van der Waals surface area contributed by atoms with Crippen LogP contribution in [0, 0.1) is 0 Å². The minimum absolute atomic E-state index is 0.133. The highest BCUT2D eigenvalue weighted by Crippen LogP contribution is 2.23. The number of H-pyrrole nitrogens is 1. The van der Waals surface area contributed by atoms with E-state index in [1.165, 1.54) is 0 Å². The highest BCUT2D eigenvalue weighted by molar-refractivity contribution is 6.40. The van der Waals surface area contributed by atoms with Crippen molar-refractivity contribution in [3.05, 3.63) is 64.8 Å². The lowest BCUT2D eigenvalue weighted by Gasteiger charge is -2.17. The summed E-state index contributed by atoms with van der Waals surface area (Å²) in [7, 11) is 0. The summed E-state index contributed by atoms with van der Waals surface area (Å²) in [6, 6.07) is 12.3. The minimum atomic E-state index is -0.802. The molecule has 4 rings (SSSR count). The number of hydrogen-bond donors (Lipinski definition) is 3. The number of likely N-dealkylation sites (tertiary alicyclic amines) is 1. The summed E-state index contributed by atoms with van der Waals surface area (Å²) in [6.45, 7) is 1.71. The highest BCUT2D eigenvalue weighted by atomic mass is 35.5. The predicted molar refractivity (Wildman–Crippen MR) is 120 cm³/mol. The van der Waals surface area contributed by atoms with Gasteiger partial charge in [-0.2, -0.15) is 0 Å². The molecule has 31 heavy (non-hydrogen) atoms. The Hall–Kier alpha value is -3.32. The van der Waals surface area contributed by atoms with Gasteiger partial charge in [-0.1, -0.05) is 23.7 Å². The van der Waals surface area contributed by atoms with E-state index in [0.717, 1.165) is 29.3 Å². The molecule has 0 spiro atoms. The lowest BCUT2D eigenvalue weighted by molar-refractivity contribution is -0.136. The number of fused-ring (bicyclic) bond motifs is 1. The SMILES string of the molecule is O=C(NCCc1c[nH]c2ccc(Cl)cc12)C(=O)Nc1ccccc1C(=O)N1CCCC1. The van der Waals surface area contributed by atoms with Crippen LogP contribution in [0.1, 0.15) is 28.8 Å². The predicted octanol–water partition coefficient (Wildman–Crippen LogP) is 3.35. The van der Waals surface area contributed by atoms with Crippen molar-refractivity contribution in [2.75, 3.05) is 25.0 Å². The van der Waals surface area contributed by atoms with Crippen molar-refractivity contribution in [1.29, 1.82) is 0 Å². The topological polar surface area (TPSA) is 94.3 Å². The van der Waals surface area contributed by atoms with Gasteiger partial charge in [0.2, 0.25) is 0 Å².